The van der Waals surface area contributed by atoms with Crippen molar-refractivity contribution in [3.63, 3.8) is 0 Å². The second-order valence-electron chi connectivity index (χ2n) is 9.19. The van der Waals surface area contributed by atoms with Crippen LogP contribution in [0, 0.1) is 0 Å². The average Bonchev–Trinajstić information content (AvgIpc) is 3.53. The van der Waals surface area contributed by atoms with Crippen molar-refractivity contribution >= 4 is 32.7 Å². The highest BCUT2D eigenvalue weighted by Crippen LogP contribution is 2.33. The van der Waals surface area contributed by atoms with Crippen molar-refractivity contribution < 1.29 is 13.2 Å². The highest BCUT2D eigenvalue weighted by Gasteiger charge is 2.32. The molecule has 178 valence electrons. The number of para-hydroxylation sites is 3. The number of H-pyrrole nitrogens is 1. The summed E-state index contributed by atoms with van der Waals surface area (Å²) >= 11 is 0. The molecule has 1 fully saturated rings. The molecule has 0 aliphatic carbocycles. The average molecular weight is 487 g/mol. The van der Waals surface area contributed by atoms with Gasteiger partial charge in [0.25, 0.3) is 15.9 Å². The quantitative estimate of drug-likeness (QED) is 0.465. The molecular formula is C27H26N4O3S. The van der Waals surface area contributed by atoms with Crippen LogP contribution in [0.5, 0.6) is 0 Å². The summed E-state index contributed by atoms with van der Waals surface area (Å²) in [5.74, 6) is 1.11. The van der Waals surface area contributed by atoms with Crippen LogP contribution in [0.15, 0.2) is 77.7 Å². The SMILES string of the molecule is O=C(c1cccc(S(=O)(=O)N2CCc3ccccc32)c1)N1CCC(c2nc3ccccc3[nH]2)CC1. The van der Waals surface area contributed by atoms with Crippen LogP contribution in [-0.4, -0.2) is 48.8 Å². The Kier molecular flexibility index (Phi) is 5.33. The van der Waals surface area contributed by atoms with Gasteiger partial charge < -0.3 is 9.88 Å². The van der Waals surface area contributed by atoms with E-state index in [0.29, 0.717) is 31.6 Å². The maximum Gasteiger partial charge on any atom is 0.264 e. The Morgan fingerprint density at radius 2 is 1.69 bits per heavy atom. The standard InChI is InChI=1S/C27H26N4O3S/c32-27(30-15-12-20(13-16-30)26-28-23-9-2-3-10-24(23)29-26)21-7-5-8-22(18-21)35(33,34)31-17-14-19-6-1-4-11-25(19)31/h1-11,18,20H,12-17H2,(H,28,29). The van der Waals surface area contributed by atoms with Gasteiger partial charge in [-0.05, 0) is 61.2 Å². The normalized spacial score (nSPS) is 16.6. The number of aromatic nitrogens is 2. The Bertz CT molecular complexity index is 1490. The number of likely N-dealkylation sites (tertiary alicyclic amines) is 1. The van der Waals surface area contributed by atoms with E-state index in [2.05, 4.69) is 4.98 Å². The molecule has 3 aromatic carbocycles. The van der Waals surface area contributed by atoms with E-state index in [1.807, 2.05) is 53.4 Å². The number of amides is 1. The van der Waals surface area contributed by atoms with Gasteiger partial charge in [-0.25, -0.2) is 13.4 Å². The van der Waals surface area contributed by atoms with Gasteiger partial charge in [0, 0.05) is 31.1 Å². The van der Waals surface area contributed by atoms with E-state index in [1.54, 1.807) is 18.2 Å². The van der Waals surface area contributed by atoms with E-state index in [9.17, 15) is 13.2 Å². The first kappa shape index (κ1) is 21.9. The zero-order valence-electron chi connectivity index (χ0n) is 19.2. The van der Waals surface area contributed by atoms with Crippen molar-refractivity contribution in [2.75, 3.05) is 23.9 Å². The van der Waals surface area contributed by atoms with E-state index in [0.717, 1.165) is 41.0 Å². The van der Waals surface area contributed by atoms with E-state index in [1.165, 1.54) is 10.4 Å². The number of rotatable bonds is 4. The molecule has 35 heavy (non-hydrogen) atoms. The minimum atomic E-state index is -3.75. The number of fused-ring (bicyclic) bond motifs is 2. The Labute approximate surface area is 204 Å². The summed E-state index contributed by atoms with van der Waals surface area (Å²) in [6, 6.07) is 22.0. The van der Waals surface area contributed by atoms with Gasteiger partial charge in [0.05, 0.1) is 21.6 Å². The van der Waals surface area contributed by atoms with E-state index < -0.39 is 10.0 Å². The zero-order valence-corrected chi connectivity index (χ0v) is 20.0. The number of nitrogens with zero attached hydrogens (tertiary/aromatic N) is 3. The number of aromatic amines is 1. The van der Waals surface area contributed by atoms with E-state index in [4.69, 9.17) is 4.98 Å². The lowest BCUT2D eigenvalue weighted by atomic mass is 9.95. The first-order valence-corrected chi connectivity index (χ1v) is 13.4. The fourth-order valence-corrected chi connectivity index (χ4v) is 6.73. The third kappa shape index (κ3) is 3.87. The molecule has 0 radical (unpaired) electrons. The van der Waals surface area contributed by atoms with Gasteiger partial charge in [-0.1, -0.05) is 36.4 Å². The lowest BCUT2D eigenvalue weighted by Crippen LogP contribution is -2.38. The van der Waals surface area contributed by atoms with Gasteiger partial charge in [0.15, 0.2) is 0 Å². The summed E-state index contributed by atoms with van der Waals surface area (Å²) in [6.07, 6.45) is 2.32. The molecule has 1 saturated heterocycles. The number of sulfonamides is 1. The molecule has 0 spiro atoms. The van der Waals surface area contributed by atoms with Crippen molar-refractivity contribution in [1.82, 2.24) is 14.9 Å². The number of nitrogens with one attached hydrogen (secondary N) is 1. The Balaban J connectivity index is 1.18. The molecule has 0 saturated carbocycles. The van der Waals surface area contributed by atoms with E-state index >= 15 is 0 Å². The number of benzene rings is 3. The number of hydrogen-bond acceptors (Lipinski definition) is 4. The zero-order chi connectivity index (χ0) is 24.0. The van der Waals surface area contributed by atoms with Crippen LogP contribution in [0.25, 0.3) is 11.0 Å². The first-order chi connectivity index (χ1) is 17.0. The smallest absolute Gasteiger partial charge is 0.264 e. The summed E-state index contributed by atoms with van der Waals surface area (Å²) in [7, 11) is -3.75. The van der Waals surface area contributed by atoms with Crippen molar-refractivity contribution in [3.8, 4) is 0 Å². The number of carbonyl (C=O) groups is 1. The van der Waals surface area contributed by atoms with Gasteiger partial charge in [-0.15, -0.1) is 0 Å². The Hall–Kier alpha value is -3.65. The lowest BCUT2D eigenvalue weighted by molar-refractivity contribution is 0.0711. The number of carbonyl (C=O) groups excluding carboxylic acids is 1. The molecule has 3 heterocycles. The molecular weight excluding hydrogens is 460 g/mol. The third-order valence-corrected chi connectivity index (χ3v) is 8.90. The summed E-state index contributed by atoms with van der Waals surface area (Å²) in [5, 5.41) is 0. The number of hydrogen-bond donors (Lipinski definition) is 1. The Morgan fingerprint density at radius 1 is 0.914 bits per heavy atom. The third-order valence-electron chi connectivity index (χ3n) is 7.09. The Morgan fingerprint density at radius 3 is 2.51 bits per heavy atom. The molecule has 0 atom stereocenters. The monoisotopic (exact) mass is 486 g/mol. The maximum absolute atomic E-state index is 13.4. The minimum Gasteiger partial charge on any atom is -0.342 e. The van der Waals surface area contributed by atoms with Crippen LogP contribution in [-0.2, 0) is 16.4 Å². The van der Waals surface area contributed by atoms with Crippen molar-refractivity contribution in [2.45, 2.75) is 30.1 Å². The highest BCUT2D eigenvalue weighted by atomic mass is 32.2. The second-order valence-corrected chi connectivity index (χ2v) is 11.1. The van der Waals surface area contributed by atoms with Crippen molar-refractivity contribution in [2.24, 2.45) is 0 Å². The molecule has 6 rings (SSSR count). The number of imidazole rings is 1. The number of anilines is 1. The molecule has 2 aliphatic rings. The summed E-state index contributed by atoms with van der Waals surface area (Å²) in [5.41, 5.74) is 4.13. The fraction of sp³-hybridized carbons (Fsp3) is 0.259. The molecule has 1 amide bonds. The lowest BCUT2D eigenvalue weighted by Gasteiger charge is -2.31. The van der Waals surface area contributed by atoms with Crippen LogP contribution < -0.4 is 4.31 Å². The molecule has 2 aliphatic heterocycles. The van der Waals surface area contributed by atoms with Crippen molar-refractivity contribution in [3.05, 3.63) is 89.7 Å². The van der Waals surface area contributed by atoms with Crippen LogP contribution in [0.1, 0.15) is 40.5 Å². The molecule has 1 aromatic heterocycles. The van der Waals surface area contributed by atoms with E-state index in [-0.39, 0.29) is 16.7 Å². The van der Waals surface area contributed by atoms with Crippen LogP contribution >= 0.6 is 0 Å². The fourth-order valence-electron chi connectivity index (χ4n) is 5.18. The largest absolute Gasteiger partial charge is 0.342 e. The van der Waals surface area contributed by atoms with Gasteiger partial charge >= 0.3 is 0 Å². The van der Waals surface area contributed by atoms with Crippen LogP contribution in [0.3, 0.4) is 0 Å². The topological polar surface area (TPSA) is 86.4 Å². The molecule has 7 nitrogen and oxygen atoms in total. The minimum absolute atomic E-state index is 0.132. The first-order valence-electron chi connectivity index (χ1n) is 12.0. The number of piperidine rings is 1. The molecule has 1 N–H and O–H groups in total. The van der Waals surface area contributed by atoms with Gasteiger partial charge in [0.1, 0.15) is 5.82 Å². The predicted molar refractivity (Wildman–Crippen MR) is 135 cm³/mol. The maximum atomic E-state index is 13.4. The molecule has 8 heteroatoms. The highest BCUT2D eigenvalue weighted by molar-refractivity contribution is 7.92. The summed E-state index contributed by atoms with van der Waals surface area (Å²) < 4.78 is 28.3. The van der Waals surface area contributed by atoms with Gasteiger partial charge in [0.2, 0.25) is 0 Å². The van der Waals surface area contributed by atoms with Gasteiger partial charge in [-0.2, -0.15) is 0 Å². The van der Waals surface area contributed by atoms with Gasteiger partial charge in [-0.3, -0.25) is 9.10 Å². The predicted octanol–water partition coefficient (Wildman–Crippen LogP) is 4.33. The summed E-state index contributed by atoms with van der Waals surface area (Å²) in [4.78, 5) is 23.4. The molecule has 0 bridgehead atoms. The van der Waals surface area contributed by atoms with Crippen LogP contribution in [0.2, 0.25) is 0 Å². The van der Waals surface area contributed by atoms with Crippen LogP contribution in [0.4, 0.5) is 5.69 Å². The molecule has 0 unspecified atom stereocenters. The second kappa shape index (κ2) is 8.53. The molecule has 4 aromatic rings. The summed E-state index contributed by atoms with van der Waals surface area (Å²) in [6.45, 7) is 1.63. The van der Waals surface area contributed by atoms with Crippen molar-refractivity contribution in [1.29, 1.82) is 0 Å².